The first-order chi connectivity index (χ1) is 6.58. The SMILES string of the molecule is Cc1cc(Cl)c2nc(Cl)nc(Cl)c2c1. The van der Waals surface area contributed by atoms with Crippen LogP contribution in [0.3, 0.4) is 0 Å². The van der Waals surface area contributed by atoms with Crippen molar-refractivity contribution in [3.05, 3.63) is 33.2 Å². The highest BCUT2D eigenvalue weighted by Crippen LogP contribution is 2.28. The smallest absolute Gasteiger partial charge is 0.216 e. The summed E-state index contributed by atoms with van der Waals surface area (Å²) < 4.78 is 0. The van der Waals surface area contributed by atoms with Gasteiger partial charge in [0.1, 0.15) is 5.15 Å². The van der Waals surface area contributed by atoms with Crippen molar-refractivity contribution in [2.45, 2.75) is 6.92 Å². The summed E-state index contributed by atoms with van der Waals surface area (Å²) in [6, 6.07) is 3.68. The highest BCUT2D eigenvalue weighted by molar-refractivity contribution is 6.39. The molecule has 5 heteroatoms. The number of benzene rings is 1. The summed E-state index contributed by atoms with van der Waals surface area (Å²) in [7, 11) is 0. The predicted octanol–water partition coefficient (Wildman–Crippen LogP) is 3.90. The van der Waals surface area contributed by atoms with E-state index in [0.29, 0.717) is 15.7 Å². The predicted molar refractivity (Wildman–Crippen MR) is 59.3 cm³/mol. The first-order valence-corrected chi connectivity index (χ1v) is 5.00. The van der Waals surface area contributed by atoms with Gasteiger partial charge in [0, 0.05) is 5.39 Å². The molecule has 0 bridgehead atoms. The van der Waals surface area contributed by atoms with Gasteiger partial charge in [-0.2, -0.15) is 0 Å². The lowest BCUT2D eigenvalue weighted by Gasteiger charge is -2.03. The molecule has 2 nitrogen and oxygen atoms in total. The summed E-state index contributed by atoms with van der Waals surface area (Å²) in [6.45, 7) is 1.93. The Hall–Kier alpha value is -0.570. The summed E-state index contributed by atoms with van der Waals surface area (Å²) in [6.07, 6.45) is 0. The third-order valence-corrected chi connectivity index (χ3v) is 2.57. The standard InChI is InChI=1S/C9H5Cl3N2/c1-4-2-5-7(6(10)3-4)13-9(12)14-8(5)11/h2-3H,1H3. The molecule has 0 aliphatic carbocycles. The zero-order valence-electron chi connectivity index (χ0n) is 7.18. The van der Waals surface area contributed by atoms with Crippen LogP contribution in [0.4, 0.5) is 0 Å². The minimum Gasteiger partial charge on any atom is -0.216 e. The van der Waals surface area contributed by atoms with Crippen LogP contribution in [-0.2, 0) is 0 Å². The lowest BCUT2D eigenvalue weighted by molar-refractivity contribution is 1.22. The molecule has 1 heterocycles. The molecule has 2 aromatic rings. The molecule has 0 aliphatic heterocycles. The van der Waals surface area contributed by atoms with E-state index >= 15 is 0 Å². The maximum atomic E-state index is 6.00. The second-order valence-corrected chi connectivity index (χ2v) is 4.03. The van der Waals surface area contributed by atoms with E-state index < -0.39 is 0 Å². The molecular weight excluding hydrogens is 242 g/mol. The summed E-state index contributed by atoms with van der Waals surface area (Å²) in [5.74, 6) is 0. The Balaban J connectivity index is 2.94. The number of nitrogens with zero attached hydrogens (tertiary/aromatic N) is 2. The Kier molecular flexibility index (Phi) is 2.52. The number of aromatic nitrogens is 2. The summed E-state index contributed by atoms with van der Waals surface area (Å²) in [5, 5.41) is 1.69. The largest absolute Gasteiger partial charge is 0.224 e. The van der Waals surface area contributed by atoms with Crippen molar-refractivity contribution in [2.75, 3.05) is 0 Å². The second kappa shape index (κ2) is 3.54. The van der Waals surface area contributed by atoms with Crippen LogP contribution < -0.4 is 0 Å². The molecular formula is C9H5Cl3N2. The lowest BCUT2D eigenvalue weighted by atomic mass is 10.2. The van der Waals surface area contributed by atoms with Crippen molar-refractivity contribution >= 4 is 45.7 Å². The first-order valence-electron chi connectivity index (χ1n) is 3.87. The molecule has 0 N–H and O–H groups in total. The summed E-state index contributed by atoms with van der Waals surface area (Å²) in [4.78, 5) is 7.86. The minimum absolute atomic E-state index is 0.105. The molecule has 1 aromatic heterocycles. The summed E-state index contributed by atoms with van der Waals surface area (Å²) >= 11 is 17.6. The molecule has 0 atom stereocenters. The van der Waals surface area contributed by atoms with Crippen molar-refractivity contribution in [1.82, 2.24) is 9.97 Å². The molecule has 2 rings (SSSR count). The van der Waals surface area contributed by atoms with Gasteiger partial charge in [-0.3, -0.25) is 0 Å². The van der Waals surface area contributed by atoms with Crippen LogP contribution in [0.25, 0.3) is 10.9 Å². The molecule has 0 aliphatic rings. The van der Waals surface area contributed by atoms with Crippen LogP contribution in [0.5, 0.6) is 0 Å². The third-order valence-electron chi connectivity index (χ3n) is 1.82. The fourth-order valence-electron chi connectivity index (χ4n) is 1.26. The zero-order valence-corrected chi connectivity index (χ0v) is 9.45. The molecule has 0 radical (unpaired) electrons. The topological polar surface area (TPSA) is 25.8 Å². The maximum Gasteiger partial charge on any atom is 0.224 e. The Bertz CT molecular complexity index is 464. The van der Waals surface area contributed by atoms with Crippen LogP contribution in [-0.4, -0.2) is 9.97 Å². The van der Waals surface area contributed by atoms with Crippen LogP contribution in [0.15, 0.2) is 12.1 Å². The molecule has 0 saturated heterocycles. The van der Waals surface area contributed by atoms with Gasteiger partial charge in [-0.15, -0.1) is 0 Å². The van der Waals surface area contributed by atoms with Crippen molar-refractivity contribution < 1.29 is 0 Å². The fraction of sp³-hybridized carbons (Fsp3) is 0.111. The number of hydrogen-bond donors (Lipinski definition) is 0. The monoisotopic (exact) mass is 246 g/mol. The molecule has 72 valence electrons. The highest BCUT2D eigenvalue weighted by atomic mass is 35.5. The first kappa shape index (κ1) is 9.97. The van der Waals surface area contributed by atoms with Crippen molar-refractivity contribution in [3.63, 3.8) is 0 Å². The van der Waals surface area contributed by atoms with E-state index in [0.717, 1.165) is 10.9 Å². The van der Waals surface area contributed by atoms with Gasteiger partial charge in [-0.25, -0.2) is 9.97 Å². The average molecular weight is 248 g/mol. The number of aryl methyl sites for hydroxylation is 1. The normalized spacial score (nSPS) is 10.9. The van der Waals surface area contributed by atoms with Gasteiger partial charge in [0.05, 0.1) is 10.5 Å². The third kappa shape index (κ3) is 1.65. The average Bonchev–Trinajstić information content (AvgIpc) is 2.07. The quantitative estimate of drug-likeness (QED) is 0.521. The number of hydrogen-bond acceptors (Lipinski definition) is 2. The van der Waals surface area contributed by atoms with Crippen molar-refractivity contribution in [2.24, 2.45) is 0 Å². The number of halogens is 3. The molecule has 0 saturated carbocycles. The Morgan fingerprint density at radius 1 is 1.07 bits per heavy atom. The van der Waals surface area contributed by atoms with Crippen molar-refractivity contribution in [1.29, 1.82) is 0 Å². The van der Waals surface area contributed by atoms with Gasteiger partial charge in [0.15, 0.2) is 0 Å². The van der Waals surface area contributed by atoms with Crippen LogP contribution in [0.1, 0.15) is 5.56 Å². The van der Waals surface area contributed by atoms with Gasteiger partial charge in [0.2, 0.25) is 5.28 Å². The molecule has 0 spiro atoms. The van der Waals surface area contributed by atoms with Gasteiger partial charge in [-0.05, 0) is 36.2 Å². The Labute approximate surface area is 95.8 Å². The summed E-state index contributed by atoms with van der Waals surface area (Å²) in [5.41, 5.74) is 1.59. The Morgan fingerprint density at radius 3 is 2.50 bits per heavy atom. The molecule has 14 heavy (non-hydrogen) atoms. The molecule has 0 unspecified atom stereocenters. The van der Waals surface area contributed by atoms with E-state index in [2.05, 4.69) is 9.97 Å². The van der Waals surface area contributed by atoms with E-state index in [-0.39, 0.29) is 5.28 Å². The molecule has 0 fully saturated rings. The lowest BCUT2D eigenvalue weighted by Crippen LogP contribution is -1.88. The van der Waals surface area contributed by atoms with Gasteiger partial charge >= 0.3 is 0 Å². The van der Waals surface area contributed by atoms with E-state index in [1.807, 2.05) is 19.1 Å². The van der Waals surface area contributed by atoms with Gasteiger partial charge < -0.3 is 0 Å². The number of fused-ring (bicyclic) bond motifs is 1. The number of rotatable bonds is 0. The van der Waals surface area contributed by atoms with E-state index in [9.17, 15) is 0 Å². The van der Waals surface area contributed by atoms with Gasteiger partial charge in [0.25, 0.3) is 0 Å². The fourth-order valence-corrected chi connectivity index (χ4v) is 2.02. The van der Waals surface area contributed by atoms with Crippen LogP contribution in [0.2, 0.25) is 15.5 Å². The molecule has 0 amide bonds. The second-order valence-electron chi connectivity index (χ2n) is 2.93. The molecule has 1 aromatic carbocycles. The minimum atomic E-state index is 0.105. The highest BCUT2D eigenvalue weighted by Gasteiger charge is 2.08. The van der Waals surface area contributed by atoms with E-state index in [1.54, 1.807) is 0 Å². The van der Waals surface area contributed by atoms with Gasteiger partial charge in [-0.1, -0.05) is 23.2 Å². The van der Waals surface area contributed by atoms with Crippen LogP contribution in [0, 0.1) is 6.92 Å². The van der Waals surface area contributed by atoms with Crippen molar-refractivity contribution in [3.8, 4) is 0 Å². The van der Waals surface area contributed by atoms with E-state index in [4.69, 9.17) is 34.8 Å². The zero-order chi connectivity index (χ0) is 10.3. The van der Waals surface area contributed by atoms with Crippen LogP contribution >= 0.6 is 34.8 Å². The van der Waals surface area contributed by atoms with E-state index in [1.165, 1.54) is 0 Å². The maximum absolute atomic E-state index is 6.00. The Morgan fingerprint density at radius 2 is 1.79 bits per heavy atom.